The van der Waals surface area contributed by atoms with Gasteiger partial charge in [0.15, 0.2) is 0 Å². The third kappa shape index (κ3) is 4.72. The van der Waals surface area contributed by atoms with Crippen LogP contribution in [0.3, 0.4) is 0 Å². The van der Waals surface area contributed by atoms with Crippen LogP contribution in [0.5, 0.6) is 0 Å². The Kier molecular flexibility index (Phi) is 6.15. The van der Waals surface area contributed by atoms with Gasteiger partial charge in [0.05, 0.1) is 12.1 Å². The largest absolute Gasteiger partial charge is 0.383 e. The van der Waals surface area contributed by atoms with Gasteiger partial charge in [-0.15, -0.1) is 0 Å². The fourth-order valence-corrected chi connectivity index (χ4v) is 5.12. The van der Waals surface area contributed by atoms with E-state index in [0.717, 1.165) is 51.1 Å². The number of H-pyrrole nitrogens is 1. The van der Waals surface area contributed by atoms with E-state index in [9.17, 15) is 4.79 Å². The van der Waals surface area contributed by atoms with Gasteiger partial charge < -0.3 is 15.6 Å². The maximum atomic E-state index is 13.3. The highest BCUT2D eigenvalue weighted by Gasteiger charge is 2.33. The smallest absolute Gasteiger partial charge is 0.237 e. The van der Waals surface area contributed by atoms with Crippen molar-refractivity contribution in [2.24, 2.45) is 5.92 Å². The van der Waals surface area contributed by atoms with Crippen LogP contribution >= 0.6 is 11.6 Å². The molecule has 1 atom stereocenters. The second kappa shape index (κ2) is 9.24. The van der Waals surface area contributed by atoms with Gasteiger partial charge in [-0.05, 0) is 54.3 Å². The Labute approximate surface area is 203 Å². The van der Waals surface area contributed by atoms with Gasteiger partial charge in [-0.25, -0.2) is 9.97 Å². The number of nitrogen functional groups attached to an aromatic ring is 1. The summed E-state index contributed by atoms with van der Waals surface area (Å²) in [6.45, 7) is 6.91. The van der Waals surface area contributed by atoms with E-state index in [2.05, 4.69) is 39.8 Å². The topological polar surface area (TPSA) is 91.1 Å². The number of hydrogen-bond donors (Lipinski definition) is 2. The standard InChI is InChI=1S/C26H29ClN6O/c1-16(2)7-21-13-32(12-20-10-18-9-19(27)4-6-23(18)31-20)14-25(34)33(21)11-17-3-5-22-24(8-17)29-15-30-26(22)28/h3-6,8-10,15-16,21,31H,7,11-14H2,1-2H3,(H2,28,29,30). The first-order valence-corrected chi connectivity index (χ1v) is 12.0. The van der Waals surface area contributed by atoms with Crippen molar-refractivity contribution in [2.75, 3.05) is 18.8 Å². The molecule has 2 aromatic carbocycles. The number of aromatic amines is 1. The van der Waals surface area contributed by atoms with Crippen molar-refractivity contribution < 1.29 is 4.79 Å². The third-order valence-corrected chi connectivity index (χ3v) is 6.68. The highest BCUT2D eigenvalue weighted by atomic mass is 35.5. The SMILES string of the molecule is CC(C)CC1CN(Cc2cc3cc(Cl)ccc3[nH]2)CC(=O)N1Cc1ccc2c(N)ncnc2c1. The summed E-state index contributed by atoms with van der Waals surface area (Å²) in [5.74, 6) is 1.11. The number of rotatable bonds is 6. The van der Waals surface area contributed by atoms with Crippen LogP contribution in [0.15, 0.2) is 48.8 Å². The van der Waals surface area contributed by atoms with Gasteiger partial charge >= 0.3 is 0 Å². The quantitative estimate of drug-likeness (QED) is 0.424. The molecule has 176 valence electrons. The van der Waals surface area contributed by atoms with Gasteiger partial charge in [0.2, 0.25) is 5.91 Å². The summed E-state index contributed by atoms with van der Waals surface area (Å²) >= 11 is 6.14. The lowest BCUT2D eigenvalue weighted by molar-refractivity contribution is -0.141. The Balaban J connectivity index is 1.35. The number of nitrogens with zero attached hydrogens (tertiary/aromatic N) is 4. The number of aromatic nitrogens is 3. The van der Waals surface area contributed by atoms with Crippen molar-refractivity contribution in [3.05, 3.63) is 65.1 Å². The van der Waals surface area contributed by atoms with Crippen LogP contribution < -0.4 is 5.73 Å². The number of halogens is 1. The fraction of sp³-hybridized carbons (Fsp3) is 0.346. The number of amides is 1. The van der Waals surface area contributed by atoms with Crippen molar-refractivity contribution >= 4 is 45.1 Å². The molecule has 8 heteroatoms. The van der Waals surface area contributed by atoms with Crippen molar-refractivity contribution in [3.63, 3.8) is 0 Å². The summed E-state index contributed by atoms with van der Waals surface area (Å²) in [7, 11) is 0. The first kappa shape index (κ1) is 22.6. The second-order valence-corrected chi connectivity index (χ2v) is 10.0. The van der Waals surface area contributed by atoms with Crippen LogP contribution in [0.25, 0.3) is 21.8 Å². The van der Waals surface area contributed by atoms with Crippen LogP contribution in [0.2, 0.25) is 5.02 Å². The monoisotopic (exact) mass is 476 g/mol. The Hall–Kier alpha value is -3.16. The van der Waals surface area contributed by atoms with Gasteiger partial charge in [0, 0.05) is 52.7 Å². The van der Waals surface area contributed by atoms with Gasteiger partial charge in [0.25, 0.3) is 0 Å². The summed E-state index contributed by atoms with van der Waals surface area (Å²) in [6.07, 6.45) is 2.43. The van der Waals surface area contributed by atoms with Crippen molar-refractivity contribution in [3.8, 4) is 0 Å². The van der Waals surface area contributed by atoms with Crippen LogP contribution in [-0.2, 0) is 17.9 Å². The zero-order valence-electron chi connectivity index (χ0n) is 19.5. The van der Waals surface area contributed by atoms with Crippen LogP contribution in [0.4, 0.5) is 5.82 Å². The molecular formula is C26H29ClN6O. The minimum atomic E-state index is 0.145. The lowest BCUT2D eigenvalue weighted by Gasteiger charge is -2.42. The predicted molar refractivity (Wildman–Crippen MR) is 136 cm³/mol. The highest BCUT2D eigenvalue weighted by Crippen LogP contribution is 2.26. The van der Waals surface area contributed by atoms with Crippen LogP contribution in [0, 0.1) is 5.92 Å². The normalized spacial score (nSPS) is 17.4. The molecule has 3 N–H and O–H groups in total. The van der Waals surface area contributed by atoms with Gasteiger partial charge in [-0.1, -0.05) is 31.5 Å². The van der Waals surface area contributed by atoms with Gasteiger partial charge in [0.1, 0.15) is 12.1 Å². The number of carbonyl (C=O) groups is 1. The maximum Gasteiger partial charge on any atom is 0.237 e. The number of benzene rings is 2. The van der Waals surface area contributed by atoms with Crippen molar-refractivity contribution in [1.29, 1.82) is 0 Å². The number of carbonyl (C=O) groups excluding carboxylic acids is 1. The van der Waals surface area contributed by atoms with E-state index in [-0.39, 0.29) is 11.9 Å². The molecule has 0 aliphatic carbocycles. The molecule has 1 aliphatic rings. The van der Waals surface area contributed by atoms with Gasteiger partial charge in [-0.2, -0.15) is 0 Å². The average molecular weight is 477 g/mol. The van der Waals surface area contributed by atoms with E-state index in [1.54, 1.807) is 0 Å². The van der Waals surface area contributed by atoms with Crippen molar-refractivity contribution in [1.82, 2.24) is 24.8 Å². The number of piperazine rings is 1. The van der Waals surface area contributed by atoms with E-state index < -0.39 is 0 Å². The molecule has 1 amide bonds. The molecule has 7 nitrogen and oxygen atoms in total. The Morgan fingerprint density at radius 3 is 2.82 bits per heavy atom. The summed E-state index contributed by atoms with van der Waals surface area (Å²) in [4.78, 5) is 29.5. The predicted octanol–water partition coefficient (Wildman–Crippen LogP) is 4.61. The number of hydrogen-bond acceptors (Lipinski definition) is 5. The molecule has 1 fully saturated rings. The Morgan fingerprint density at radius 1 is 1.15 bits per heavy atom. The molecule has 4 aromatic rings. The second-order valence-electron chi connectivity index (χ2n) is 9.61. The number of fused-ring (bicyclic) bond motifs is 2. The molecular weight excluding hydrogens is 448 g/mol. The lowest BCUT2D eigenvalue weighted by Crippen LogP contribution is -2.56. The molecule has 1 aliphatic heterocycles. The molecule has 1 unspecified atom stereocenters. The minimum Gasteiger partial charge on any atom is -0.383 e. The van der Waals surface area contributed by atoms with E-state index in [0.29, 0.717) is 31.4 Å². The zero-order chi connectivity index (χ0) is 23.8. The first-order chi connectivity index (χ1) is 16.4. The van der Waals surface area contributed by atoms with Gasteiger partial charge in [-0.3, -0.25) is 9.69 Å². The van der Waals surface area contributed by atoms with Crippen molar-refractivity contribution in [2.45, 2.75) is 39.4 Å². The number of nitrogens with one attached hydrogen (secondary N) is 1. The maximum absolute atomic E-state index is 13.3. The molecule has 3 heterocycles. The zero-order valence-corrected chi connectivity index (χ0v) is 20.2. The molecule has 5 rings (SSSR count). The third-order valence-electron chi connectivity index (χ3n) is 6.45. The molecule has 1 saturated heterocycles. The van der Waals surface area contributed by atoms with E-state index in [1.807, 2.05) is 41.3 Å². The Bertz CT molecular complexity index is 1350. The summed E-state index contributed by atoms with van der Waals surface area (Å²) in [6, 6.07) is 14.1. The van der Waals surface area contributed by atoms with Crippen LogP contribution in [0.1, 0.15) is 31.5 Å². The molecule has 2 aromatic heterocycles. The molecule has 0 spiro atoms. The van der Waals surface area contributed by atoms with E-state index in [4.69, 9.17) is 17.3 Å². The number of nitrogens with two attached hydrogens (primary N) is 1. The average Bonchev–Trinajstić information content (AvgIpc) is 3.17. The van der Waals surface area contributed by atoms with Crippen LogP contribution in [-0.4, -0.2) is 49.8 Å². The summed E-state index contributed by atoms with van der Waals surface area (Å²) in [5.41, 5.74) is 9.97. The van der Waals surface area contributed by atoms with E-state index in [1.165, 1.54) is 6.33 Å². The fourth-order valence-electron chi connectivity index (χ4n) is 4.94. The van der Waals surface area contributed by atoms with E-state index >= 15 is 0 Å². The first-order valence-electron chi connectivity index (χ1n) is 11.6. The molecule has 0 saturated carbocycles. The molecule has 0 radical (unpaired) electrons. The minimum absolute atomic E-state index is 0.145. The number of anilines is 1. The summed E-state index contributed by atoms with van der Waals surface area (Å²) in [5, 5.41) is 2.65. The molecule has 34 heavy (non-hydrogen) atoms. The lowest BCUT2D eigenvalue weighted by atomic mass is 9.98. The summed E-state index contributed by atoms with van der Waals surface area (Å²) < 4.78 is 0. The Morgan fingerprint density at radius 2 is 2.00 bits per heavy atom. The molecule has 0 bridgehead atoms. The highest BCUT2D eigenvalue weighted by molar-refractivity contribution is 6.31.